The molecule has 0 aliphatic heterocycles. The molecular formula is C10H11N3O. The number of nitrogens with two attached hydrogens (primary N) is 1. The van der Waals surface area contributed by atoms with Crippen LogP contribution >= 0.6 is 0 Å². The van der Waals surface area contributed by atoms with Crippen LogP contribution in [0.3, 0.4) is 0 Å². The molecule has 0 amide bonds. The average molecular weight is 189 g/mol. The van der Waals surface area contributed by atoms with Gasteiger partial charge in [0.05, 0.1) is 5.69 Å². The second-order valence-corrected chi connectivity index (χ2v) is 3.03. The van der Waals surface area contributed by atoms with Gasteiger partial charge in [-0.2, -0.15) is 4.98 Å². The van der Waals surface area contributed by atoms with Crippen molar-refractivity contribution in [1.29, 1.82) is 0 Å². The van der Waals surface area contributed by atoms with E-state index in [1.807, 2.05) is 12.1 Å². The number of aromatic nitrogens is 2. The second kappa shape index (κ2) is 3.91. The summed E-state index contributed by atoms with van der Waals surface area (Å²) in [5.41, 5.74) is 7.49. The van der Waals surface area contributed by atoms with Gasteiger partial charge in [-0.25, -0.2) is 0 Å². The summed E-state index contributed by atoms with van der Waals surface area (Å²) in [4.78, 5) is 7.97. The molecule has 2 aromatic rings. The highest BCUT2D eigenvalue weighted by atomic mass is 16.4. The highest BCUT2D eigenvalue weighted by Gasteiger charge is 2.00. The highest BCUT2D eigenvalue weighted by molar-refractivity contribution is 5.15. The molecular weight excluding hydrogens is 178 g/mol. The van der Waals surface area contributed by atoms with Crippen LogP contribution in [-0.4, -0.2) is 9.97 Å². The molecule has 72 valence electrons. The van der Waals surface area contributed by atoms with Gasteiger partial charge in [-0.1, -0.05) is 0 Å². The number of pyridine rings is 1. The average Bonchev–Trinajstić information content (AvgIpc) is 2.63. The van der Waals surface area contributed by atoms with E-state index in [9.17, 15) is 0 Å². The zero-order valence-corrected chi connectivity index (χ0v) is 7.68. The minimum atomic E-state index is 0.231. The molecule has 0 spiro atoms. The third kappa shape index (κ3) is 2.10. The maximum absolute atomic E-state index is 5.36. The molecule has 0 fully saturated rings. The van der Waals surface area contributed by atoms with E-state index in [1.165, 1.54) is 5.56 Å². The number of hydrogen-bond acceptors (Lipinski definition) is 4. The van der Waals surface area contributed by atoms with Crippen molar-refractivity contribution < 1.29 is 4.42 Å². The van der Waals surface area contributed by atoms with E-state index in [1.54, 1.807) is 18.7 Å². The van der Waals surface area contributed by atoms with Gasteiger partial charge in [0.15, 0.2) is 0 Å². The van der Waals surface area contributed by atoms with E-state index < -0.39 is 0 Å². The van der Waals surface area contributed by atoms with Crippen molar-refractivity contribution in [2.24, 2.45) is 0 Å². The second-order valence-electron chi connectivity index (χ2n) is 3.03. The van der Waals surface area contributed by atoms with Gasteiger partial charge in [-0.05, 0) is 30.5 Å². The van der Waals surface area contributed by atoms with E-state index in [0.717, 1.165) is 18.5 Å². The van der Waals surface area contributed by atoms with Gasteiger partial charge in [0.1, 0.15) is 6.26 Å². The van der Waals surface area contributed by atoms with Crippen molar-refractivity contribution in [2.45, 2.75) is 12.8 Å². The van der Waals surface area contributed by atoms with Crippen LogP contribution < -0.4 is 5.73 Å². The predicted octanol–water partition coefficient (Wildman–Crippen LogP) is 1.44. The summed E-state index contributed by atoms with van der Waals surface area (Å²) in [7, 11) is 0. The Morgan fingerprint density at radius 2 is 2.00 bits per heavy atom. The number of rotatable bonds is 3. The number of nitrogen functional groups attached to an aromatic ring is 1. The fraction of sp³-hybridized carbons (Fsp3) is 0.200. The van der Waals surface area contributed by atoms with Gasteiger partial charge in [0.25, 0.3) is 6.01 Å². The Hall–Kier alpha value is -1.84. The van der Waals surface area contributed by atoms with Crippen molar-refractivity contribution >= 4 is 6.01 Å². The van der Waals surface area contributed by atoms with Gasteiger partial charge in [0, 0.05) is 12.4 Å². The zero-order valence-electron chi connectivity index (χ0n) is 7.68. The summed E-state index contributed by atoms with van der Waals surface area (Å²) in [5, 5.41) is 0. The molecule has 0 saturated heterocycles. The number of hydrogen-bond donors (Lipinski definition) is 1. The molecule has 4 nitrogen and oxygen atoms in total. The van der Waals surface area contributed by atoms with Gasteiger partial charge >= 0.3 is 0 Å². The number of nitrogens with zero attached hydrogens (tertiary/aromatic N) is 2. The summed E-state index contributed by atoms with van der Waals surface area (Å²) in [6, 6.07) is 4.21. The molecule has 0 unspecified atom stereocenters. The van der Waals surface area contributed by atoms with Gasteiger partial charge in [-0.15, -0.1) is 0 Å². The first-order chi connectivity index (χ1) is 6.84. The Kier molecular flexibility index (Phi) is 2.44. The summed E-state index contributed by atoms with van der Waals surface area (Å²) >= 11 is 0. The van der Waals surface area contributed by atoms with Crippen molar-refractivity contribution in [2.75, 3.05) is 5.73 Å². The summed E-state index contributed by atoms with van der Waals surface area (Å²) in [5.74, 6) is 0. The Bertz CT molecular complexity index is 397. The van der Waals surface area contributed by atoms with Crippen molar-refractivity contribution in [3.63, 3.8) is 0 Å². The SMILES string of the molecule is Nc1nc(CCc2ccncc2)co1. The van der Waals surface area contributed by atoms with Crippen LogP contribution in [0.2, 0.25) is 0 Å². The summed E-state index contributed by atoms with van der Waals surface area (Å²) in [6.45, 7) is 0. The maximum Gasteiger partial charge on any atom is 0.292 e. The molecule has 2 rings (SSSR count). The first kappa shape index (κ1) is 8.74. The Morgan fingerprint density at radius 3 is 2.64 bits per heavy atom. The summed E-state index contributed by atoms with van der Waals surface area (Å²) < 4.78 is 4.91. The minimum absolute atomic E-state index is 0.231. The van der Waals surface area contributed by atoms with Crippen LogP contribution in [0, 0.1) is 0 Å². The molecule has 0 atom stereocenters. The van der Waals surface area contributed by atoms with E-state index in [-0.39, 0.29) is 6.01 Å². The molecule has 0 bridgehead atoms. The molecule has 0 aliphatic carbocycles. The van der Waals surface area contributed by atoms with Crippen LogP contribution in [0.5, 0.6) is 0 Å². The molecule has 0 radical (unpaired) electrons. The lowest BCUT2D eigenvalue weighted by Crippen LogP contribution is -1.92. The molecule has 2 heterocycles. The van der Waals surface area contributed by atoms with Crippen LogP contribution in [-0.2, 0) is 12.8 Å². The van der Waals surface area contributed by atoms with Crippen molar-refractivity contribution in [1.82, 2.24) is 9.97 Å². The van der Waals surface area contributed by atoms with Crippen LogP contribution in [0.4, 0.5) is 6.01 Å². The Labute approximate surface area is 81.8 Å². The predicted molar refractivity (Wildman–Crippen MR) is 52.6 cm³/mol. The van der Waals surface area contributed by atoms with Crippen LogP contribution in [0.15, 0.2) is 35.2 Å². The highest BCUT2D eigenvalue weighted by Crippen LogP contribution is 2.07. The minimum Gasteiger partial charge on any atom is -0.432 e. The number of aryl methyl sites for hydroxylation is 2. The maximum atomic E-state index is 5.36. The Morgan fingerprint density at radius 1 is 1.21 bits per heavy atom. The zero-order chi connectivity index (χ0) is 9.80. The lowest BCUT2D eigenvalue weighted by Gasteiger charge is -1.96. The molecule has 4 heteroatoms. The molecule has 0 aliphatic rings. The molecule has 0 aromatic carbocycles. The third-order valence-electron chi connectivity index (χ3n) is 1.99. The lowest BCUT2D eigenvalue weighted by molar-refractivity contribution is 0.578. The topological polar surface area (TPSA) is 64.9 Å². The summed E-state index contributed by atoms with van der Waals surface area (Å²) in [6.07, 6.45) is 6.93. The Balaban J connectivity index is 1.95. The largest absolute Gasteiger partial charge is 0.432 e. The van der Waals surface area contributed by atoms with E-state index in [0.29, 0.717) is 0 Å². The molecule has 2 N–H and O–H groups in total. The van der Waals surface area contributed by atoms with Crippen LogP contribution in [0.25, 0.3) is 0 Å². The van der Waals surface area contributed by atoms with E-state index in [2.05, 4.69) is 9.97 Å². The normalized spacial score (nSPS) is 10.3. The van der Waals surface area contributed by atoms with Gasteiger partial charge in [0.2, 0.25) is 0 Å². The smallest absolute Gasteiger partial charge is 0.292 e. The number of oxazole rings is 1. The first-order valence-corrected chi connectivity index (χ1v) is 4.43. The van der Waals surface area contributed by atoms with E-state index in [4.69, 9.17) is 10.2 Å². The van der Waals surface area contributed by atoms with Crippen molar-refractivity contribution in [3.05, 3.63) is 42.0 Å². The monoisotopic (exact) mass is 189 g/mol. The molecule has 0 saturated carbocycles. The van der Waals surface area contributed by atoms with Crippen LogP contribution in [0.1, 0.15) is 11.3 Å². The molecule has 2 aromatic heterocycles. The quantitative estimate of drug-likeness (QED) is 0.793. The fourth-order valence-corrected chi connectivity index (χ4v) is 1.26. The lowest BCUT2D eigenvalue weighted by atomic mass is 10.1. The molecule has 14 heavy (non-hydrogen) atoms. The standard InChI is InChI=1S/C10H11N3O/c11-10-13-9(7-14-10)2-1-8-3-5-12-6-4-8/h3-7H,1-2H2,(H2,11,13). The first-order valence-electron chi connectivity index (χ1n) is 4.43. The third-order valence-corrected chi connectivity index (χ3v) is 1.99. The van der Waals surface area contributed by atoms with Gasteiger partial charge in [-0.3, -0.25) is 4.98 Å². The fourth-order valence-electron chi connectivity index (χ4n) is 1.26. The van der Waals surface area contributed by atoms with Crippen molar-refractivity contribution in [3.8, 4) is 0 Å². The number of anilines is 1. The van der Waals surface area contributed by atoms with E-state index >= 15 is 0 Å². The van der Waals surface area contributed by atoms with Gasteiger partial charge < -0.3 is 10.2 Å².